The summed E-state index contributed by atoms with van der Waals surface area (Å²) < 4.78 is 5.46. The SMILES string of the molecule is Nc1ncc(Cl)c(OCCC2CCC2)n1. The lowest BCUT2D eigenvalue weighted by molar-refractivity contribution is 0.217. The molecular weight excluding hydrogens is 214 g/mol. The number of hydrogen-bond acceptors (Lipinski definition) is 4. The summed E-state index contributed by atoms with van der Waals surface area (Å²) in [5.41, 5.74) is 5.44. The lowest BCUT2D eigenvalue weighted by Crippen LogP contribution is -2.15. The summed E-state index contributed by atoms with van der Waals surface area (Å²) in [6.07, 6.45) is 6.53. The fourth-order valence-electron chi connectivity index (χ4n) is 1.57. The van der Waals surface area contributed by atoms with Gasteiger partial charge < -0.3 is 10.5 Å². The van der Waals surface area contributed by atoms with E-state index in [1.54, 1.807) is 0 Å². The van der Waals surface area contributed by atoms with Gasteiger partial charge >= 0.3 is 0 Å². The number of aromatic nitrogens is 2. The predicted molar refractivity (Wildman–Crippen MR) is 58.9 cm³/mol. The molecule has 0 aliphatic heterocycles. The van der Waals surface area contributed by atoms with Crippen molar-refractivity contribution in [2.75, 3.05) is 12.3 Å². The Morgan fingerprint density at radius 3 is 3.00 bits per heavy atom. The van der Waals surface area contributed by atoms with Gasteiger partial charge in [0.05, 0.1) is 12.8 Å². The summed E-state index contributed by atoms with van der Waals surface area (Å²) in [4.78, 5) is 7.69. The molecule has 0 amide bonds. The molecular formula is C10H14ClN3O. The van der Waals surface area contributed by atoms with E-state index in [1.807, 2.05) is 0 Å². The molecule has 2 N–H and O–H groups in total. The van der Waals surface area contributed by atoms with Crippen molar-refractivity contribution in [3.05, 3.63) is 11.2 Å². The van der Waals surface area contributed by atoms with Gasteiger partial charge in [-0.1, -0.05) is 30.9 Å². The lowest BCUT2D eigenvalue weighted by Gasteiger charge is -2.24. The van der Waals surface area contributed by atoms with Gasteiger partial charge in [-0.3, -0.25) is 0 Å². The van der Waals surface area contributed by atoms with Crippen LogP contribution in [0, 0.1) is 5.92 Å². The second kappa shape index (κ2) is 4.66. The molecule has 15 heavy (non-hydrogen) atoms. The molecule has 0 spiro atoms. The molecule has 0 bridgehead atoms. The summed E-state index contributed by atoms with van der Waals surface area (Å²) >= 11 is 5.85. The van der Waals surface area contributed by atoms with E-state index in [0.29, 0.717) is 17.5 Å². The number of ether oxygens (including phenoxy) is 1. The van der Waals surface area contributed by atoms with Crippen LogP contribution in [0.1, 0.15) is 25.7 Å². The van der Waals surface area contributed by atoms with Gasteiger partial charge in [-0.15, -0.1) is 0 Å². The number of hydrogen-bond donors (Lipinski definition) is 1. The Bertz CT molecular complexity index is 341. The third-order valence-corrected chi connectivity index (χ3v) is 2.98. The van der Waals surface area contributed by atoms with Gasteiger partial charge in [-0.2, -0.15) is 4.98 Å². The molecule has 0 unspecified atom stereocenters. The Labute approximate surface area is 93.8 Å². The molecule has 1 fully saturated rings. The molecule has 1 heterocycles. The first-order valence-electron chi connectivity index (χ1n) is 5.16. The molecule has 1 aliphatic rings. The summed E-state index contributed by atoms with van der Waals surface area (Å²) in [6.45, 7) is 0.654. The molecule has 0 saturated heterocycles. The molecule has 5 heteroatoms. The van der Waals surface area contributed by atoms with Crippen LogP contribution in [0.5, 0.6) is 5.88 Å². The van der Waals surface area contributed by atoms with Crippen LogP contribution in [0.4, 0.5) is 5.95 Å². The Morgan fingerprint density at radius 2 is 2.33 bits per heavy atom. The highest BCUT2D eigenvalue weighted by Crippen LogP contribution is 2.29. The van der Waals surface area contributed by atoms with Crippen LogP contribution in [-0.4, -0.2) is 16.6 Å². The molecule has 2 rings (SSSR count). The van der Waals surface area contributed by atoms with Crippen molar-refractivity contribution in [2.24, 2.45) is 5.92 Å². The maximum absolute atomic E-state index is 5.85. The van der Waals surface area contributed by atoms with Gasteiger partial charge in [0.15, 0.2) is 0 Å². The second-order valence-electron chi connectivity index (χ2n) is 3.82. The molecule has 0 aromatic carbocycles. The minimum Gasteiger partial charge on any atom is -0.476 e. The minimum absolute atomic E-state index is 0.193. The molecule has 1 aliphatic carbocycles. The van der Waals surface area contributed by atoms with Gasteiger partial charge in [-0.25, -0.2) is 4.98 Å². The number of rotatable bonds is 4. The summed E-state index contributed by atoms with van der Waals surface area (Å²) in [5, 5.41) is 0.415. The number of anilines is 1. The van der Waals surface area contributed by atoms with E-state index in [2.05, 4.69) is 9.97 Å². The zero-order valence-electron chi connectivity index (χ0n) is 8.45. The van der Waals surface area contributed by atoms with Crippen molar-refractivity contribution in [3.63, 3.8) is 0 Å². The van der Waals surface area contributed by atoms with E-state index in [0.717, 1.165) is 12.3 Å². The average molecular weight is 228 g/mol. The lowest BCUT2D eigenvalue weighted by atomic mass is 9.83. The highest BCUT2D eigenvalue weighted by molar-refractivity contribution is 6.31. The number of nitrogen functional groups attached to an aromatic ring is 1. The Hall–Kier alpha value is -1.03. The Balaban J connectivity index is 1.83. The number of halogens is 1. The molecule has 0 radical (unpaired) electrons. The van der Waals surface area contributed by atoms with E-state index in [1.165, 1.54) is 25.5 Å². The van der Waals surface area contributed by atoms with Crippen molar-refractivity contribution >= 4 is 17.5 Å². The summed E-state index contributed by atoms with van der Waals surface area (Å²) in [7, 11) is 0. The van der Waals surface area contributed by atoms with Crippen molar-refractivity contribution in [1.29, 1.82) is 0 Å². The first kappa shape index (κ1) is 10.5. The molecule has 1 aromatic rings. The maximum atomic E-state index is 5.85. The van der Waals surface area contributed by atoms with E-state index >= 15 is 0 Å². The van der Waals surface area contributed by atoms with Gasteiger partial charge in [0.2, 0.25) is 11.8 Å². The zero-order valence-corrected chi connectivity index (χ0v) is 9.20. The third-order valence-electron chi connectivity index (χ3n) is 2.72. The summed E-state index contributed by atoms with van der Waals surface area (Å²) in [6, 6.07) is 0. The molecule has 1 saturated carbocycles. The zero-order chi connectivity index (χ0) is 10.7. The normalized spacial score (nSPS) is 16.1. The fraction of sp³-hybridized carbons (Fsp3) is 0.600. The first-order valence-corrected chi connectivity index (χ1v) is 5.54. The van der Waals surface area contributed by atoms with Crippen molar-refractivity contribution in [3.8, 4) is 5.88 Å². The van der Waals surface area contributed by atoms with E-state index in [4.69, 9.17) is 22.1 Å². The second-order valence-corrected chi connectivity index (χ2v) is 4.22. The standard InChI is InChI=1S/C10H14ClN3O/c11-8-6-13-10(12)14-9(8)15-5-4-7-2-1-3-7/h6-7H,1-5H2,(H2,12,13,14). The van der Waals surface area contributed by atoms with Gasteiger partial charge in [0, 0.05) is 0 Å². The smallest absolute Gasteiger partial charge is 0.237 e. The van der Waals surface area contributed by atoms with Crippen molar-refractivity contribution in [1.82, 2.24) is 9.97 Å². The van der Waals surface area contributed by atoms with Crippen LogP contribution in [0.15, 0.2) is 6.20 Å². The van der Waals surface area contributed by atoms with Crippen LogP contribution >= 0.6 is 11.6 Å². The Kier molecular flexibility index (Phi) is 3.26. The van der Waals surface area contributed by atoms with Crippen LogP contribution in [0.2, 0.25) is 5.02 Å². The maximum Gasteiger partial charge on any atom is 0.237 e. The van der Waals surface area contributed by atoms with E-state index in [9.17, 15) is 0 Å². The van der Waals surface area contributed by atoms with E-state index < -0.39 is 0 Å². The van der Waals surface area contributed by atoms with Crippen molar-refractivity contribution in [2.45, 2.75) is 25.7 Å². The van der Waals surface area contributed by atoms with Crippen LogP contribution in [0.3, 0.4) is 0 Å². The number of nitrogens with two attached hydrogens (primary N) is 1. The average Bonchev–Trinajstić information content (AvgIpc) is 2.15. The van der Waals surface area contributed by atoms with Crippen LogP contribution < -0.4 is 10.5 Å². The van der Waals surface area contributed by atoms with Crippen molar-refractivity contribution < 1.29 is 4.74 Å². The highest BCUT2D eigenvalue weighted by Gasteiger charge is 2.17. The molecule has 4 nitrogen and oxygen atoms in total. The van der Waals surface area contributed by atoms with Crippen LogP contribution in [0.25, 0.3) is 0 Å². The minimum atomic E-state index is 0.193. The monoisotopic (exact) mass is 227 g/mol. The van der Waals surface area contributed by atoms with Crippen LogP contribution in [-0.2, 0) is 0 Å². The van der Waals surface area contributed by atoms with Gasteiger partial charge in [-0.05, 0) is 12.3 Å². The van der Waals surface area contributed by atoms with Gasteiger partial charge in [0.1, 0.15) is 5.02 Å². The molecule has 1 aromatic heterocycles. The third kappa shape index (κ3) is 2.72. The molecule has 82 valence electrons. The summed E-state index contributed by atoms with van der Waals surface area (Å²) in [5.74, 6) is 1.41. The Morgan fingerprint density at radius 1 is 1.53 bits per heavy atom. The quantitative estimate of drug-likeness (QED) is 0.857. The predicted octanol–water partition coefficient (Wildman–Crippen LogP) is 2.28. The highest BCUT2D eigenvalue weighted by atomic mass is 35.5. The van der Waals surface area contributed by atoms with Gasteiger partial charge in [0.25, 0.3) is 0 Å². The topological polar surface area (TPSA) is 61.0 Å². The first-order chi connectivity index (χ1) is 7.25. The fourth-order valence-corrected chi connectivity index (χ4v) is 1.71. The van der Waals surface area contributed by atoms with E-state index in [-0.39, 0.29) is 5.95 Å². The number of nitrogens with zero attached hydrogens (tertiary/aromatic N) is 2. The molecule has 0 atom stereocenters. The largest absolute Gasteiger partial charge is 0.476 e.